The summed E-state index contributed by atoms with van der Waals surface area (Å²) in [6, 6.07) is 7.87. The fourth-order valence-electron chi connectivity index (χ4n) is 1.78. The van der Waals surface area contributed by atoms with Crippen LogP contribution in [-0.2, 0) is 10.0 Å². The maximum absolute atomic E-state index is 13.6. The second kappa shape index (κ2) is 6.21. The number of benzene rings is 1. The molecule has 2 aromatic rings. The average Bonchev–Trinajstić information content (AvgIpc) is 2.78. The van der Waals surface area contributed by atoms with E-state index >= 15 is 0 Å². The van der Waals surface area contributed by atoms with Gasteiger partial charge in [0.25, 0.3) is 0 Å². The molecular weight excluding hydrogens is 335 g/mol. The predicted octanol–water partition coefficient (Wildman–Crippen LogP) is 4.09. The topological polar surface area (TPSA) is 58.2 Å². The molecule has 0 spiro atoms. The molecule has 1 heterocycles. The summed E-state index contributed by atoms with van der Waals surface area (Å²) in [6.45, 7) is 1.94. The summed E-state index contributed by atoms with van der Waals surface area (Å²) >= 11 is 7.34. The second-order valence-electron chi connectivity index (χ2n) is 4.58. The maximum atomic E-state index is 13.6. The van der Waals surface area contributed by atoms with Gasteiger partial charge in [0.15, 0.2) is 0 Å². The molecule has 1 aromatic carbocycles. The molecule has 21 heavy (non-hydrogen) atoms. The zero-order valence-electron chi connectivity index (χ0n) is 11.4. The van der Waals surface area contributed by atoms with Crippen LogP contribution in [0.4, 0.5) is 15.8 Å². The van der Waals surface area contributed by atoms with Crippen LogP contribution in [0.2, 0.25) is 4.34 Å². The van der Waals surface area contributed by atoms with Crippen molar-refractivity contribution in [3.63, 3.8) is 0 Å². The molecule has 0 aliphatic rings. The van der Waals surface area contributed by atoms with Gasteiger partial charge in [0.1, 0.15) is 5.82 Å². The molecule has 1 unspecified atom stereocenters. The Labute approximate surface area is 132 Å². The van der Waals surface area contributed by atoms with Gasteiger partial charge >= 0.3 is 0 Å². The second-order valence-corrected chi connectivity index (χ2v) is 8.07. The van der Waals surface area contributed by atoms with E-state index in [-0.39, 0.29) is 11.7 Å². The Morgan fingerprint density at radius 2 is 2.00 bits per heavy atom. The van der Waals surface area contributed by atoms with E-state index in [1.165, 1.54) is 23.5 Å². The van der Waals surface area contributed by atoms with E-state index < -0.39 is 15.8 Å². The minimum atomic E-state index is -3.53. The van der Waals surface area contributed by atoms with Gasteiger partial charge in [-0.05, 0) is 37.3 Å². The lowest BCUT2D eigenvalue weighted by atomic mass is 10.2. The van der Waals surface area contributed by atoms with Gasteiger partial charge in [-0.15, -0.1) is 11.3 Å². The van der Waals surface area contributed by atoms with Crippen LogP contribution < -0.4 is 10.0 Å². The zero-order chi connectivity index (χ0) is 15.6. The summed E-state index contributed by atoms with van der Waals surface area (Å²) in [7, 11) is -3.53. The highest BCUT2D eigenvalue weighted by molar-refractivity contribution is 7.92. The van der Waals surface area contributed by atoms with E-state index in [4.69, 9.17) is 11.6 Å². The fourth-order valence-corrected chi connectivity index (χ4v) is 3.39. The summed E-state index contributed by atoms with van der Waals surface area (Å²) in [6.07, 6.45) is 0.975. The molecule has 0 fully saturated rings. The number of thiophene rings is 1. The Morgan fingerprint density at radius 3 is 2.57 bits per heavy atom. The molecule has 0 amide bonds. The third-order valence-electron chi connectivity index (χ3n) is 2.67. The van der Waals surface area contributed by atoms with Crippen molar-refractivity contribution in [2.24, 2.45) is 0 Å². The van der Waals surface area contributed by atoms with E-state index in [0.717, 1.165) is 11.1 Å². The Balaban J connectivity index is 2.19. The quantitative estimate of drug-likeness (QED) is 0.855. The lowest BCUT2D eigenvalue weighted by Gasteiger charge is -2.15. The average molecular weight is 349 g/mol. The number of nitrogens with one attached hydrogen (secondary N) is 2. The van der Waals surface area contributed by atoms with Crippen LogP contribution in [0, 0.1) is 5.82 Å². The molecular formula is C13H14ClFN2O2S2. The molecule has 4 nitrogen and oxygen atoms in total. The Kier molecular flexibility index (Phi) is 4.75. The summed E-state index contributed by atoms with van der Waals surface area (Å²) in [5.41, 5.74) is 0.526. The van der Waals surface area contributed by atoms with Crippen LogP contribution in [0.5, 0.6) is 0 Å². The van der Waals surface area contributed by atoms with Crippen LogP contribution in [0.15, 0.2) is 30.3 Å². The molecule has 2 N–H and O–H groups in total. The highest BCUT2D eigenvalue weighted by Gasteiger charge is 2.12. The smallest absolute Gasteiger partial charge is 0.229 e. The number of hydrogen-bond donors (Lipinski definition) is 2. The molecule has 2 rings (SSSR count). The van der Waals surface area contributed by atoms with E-state index in [9.17, 15) is 12.8 Å². The van der Waals surface area contributed by atoms with E-state index in [0.29, 0.717) is 10.0 Å². The first-order valence-electron chi connectivity index (χ1n) is 6.04. The monoisotopic (exact) mass is 348 g/mol. The van der Waals surface area contributed by atoms with E-state index in [1.807, 2.05) is 13.0 Å². The van der Waals surface area contributed by atoms with Crippen molar-refractivity contribution in [2.45, 2.75) is 13.0 Å². The lowest BCUT2D eigenvalue weighted by molar-refractivity contribution is 0.604. The van der Waals surface area contributed by atoms with Crippen LogP contribution in [0.1, 0.15) is 17.8 Å². The van der Waals surface area contributed by atoms with Crippen molar-refractivity contribution < 1.29 is 12.8 Å². The first-order valence-corrected chi connectivity index (χ1v) is 9.12. The number of halogens is 2. The van der Waals surface area contributed by atoms with Crippen molar-refractivity contribution >= 4 is 44.3 Å². The standard InChI is InChI=1S/C13H14ClFN2O2S2/c1-8(12-5-6-13(14)20-12)16-9-3-4-10(15)11(7-9)17-21(2,18)19/h3-8,16-17H,1-2H3. The third-order valence-corrected chi connectivity index (χ3v) is 4.67. The molecule has 0 bridgehead atoms. The largest absolute Gasteiger partial charge is 0.378 e. The number of anilines is 2. The molecule has 1 aromatic heterocycles. The molecule has 0 radical (unpaired) electrons. The first kappa shape index (κ1) is 16.1. The number of rotatable bonds is 5. The van der Waals surface area contributed by atoms with Crippen LogP contribution in [0.25, 0.3) is 0 Å². The summed E-state index contributed by atoms with van der Waals surface area (Å²) < 4.78 is 38.8. The fraction of sp³-hybridized carbons (Fsp3) is 0.231. The van der Waals surface area contributed by atoms with Gasteiger partial charge in [0.05, 0.1) is 22.3 Å². The Bertz CT molecular complexity index is 746. The Morgan fingerprint density at radius 1 is 1.29 bits per heavy atom. The molecule has 8 heteroatoms. The Hall–Kier alpha value is -1.31. The predicted molar refractivity (Wildman–Crippen MR) is 86.2 cm³/mol. The van der Waals surface area contributed by atoms with Gasteiger partial charge in [-0.3, -0.25) is 4.72 Å². The van der Waals surface area contributed by atoms with Crippen LogP contribution >= 0.6 is 22.9 Å². The minimum absolute atomic E-state index is 0.0287. The molecule has 0 saturated heterocycles. The van der Waals surface area contributed by atoms with Crippen molar-refractivity contribution in [3.8, 4) is 0 Å². The summed E-state index contributed by atoms with van der Waals surface area (Å²) in [5.74, 6) is -0.627. The highest BCUT2D eigenvalue weighted by Crippen LogP contribution is 2.30. The number of sulfonamides is 1. The maximum Gasteiger partial charge on any atom is 0.229 e. The van der Waals surface area contributed by atoms with Gasteiger partial charge < -0.3 is 5.32 Å². The molecule has 0 aliphatic carbocycles. The zero-order valence-corrected chi connectivity index (χ0v) is 13.7. The first-order chi connectivity index (χ1) is 9.74. The van der Waals surface area contributed by atoms with Gasteiger partial charge in [0, 0.05) is 10.6 Å². The van der Waals surface area contributed by atoms with E-state index in [1.54, 1.807) is 12.1 Å². The molecule has 114 valence electrons. The van der Waals surface area contributed by atoms with Gasteiger partial charge in [-0.1, -0.05) is 11.6 Å². The molecule has 0 saturated carbocycles. The molecule has 1 atom stereocenters. The van der Waals surface area contributed by atoms with Gasteiger partial charge in [-0.25, -0.2) is 12.8 Å². The van der Waals surface area contributed by atoms with Crippen molar-refractivity contribution in [1.29, 1.82) is 0 Å². The van der Waals surface area contributed by atoms with Crippen molar-refractivity contribution in [2.75, 3.05) is 16.3 Å². The highest BCUT2D eigenvalue weighted by atomic mass is 35.5. The summed E-state index contributed by atoms with van der Waals surface area (Å²) in [4.78, 5) is 1.03. The van der Waals surface area contributed by atoms with Crippen LogP contribution in [-0.4, -0.2) is 14.7 Å². The third kappa shape index (κ3) is 4.59. The lowest BCUT2D eigenvalue weighted by Crippen LogP contribution is -2.12. The normalized spacial score (nSPS) is 13.0. The van der Waals surface area contributed by atoms with Crippen LogP contribution in [0.3, 0.4) is 0 Å². The van der Waals surface area contributed by atoms with Crippen molar-refractivity contribution in [1.82, 2.24) is 0 Å². The van der Waals surface area contributed by atoms with Gasteiger partial charge in [-0.2, -0.15) is 0 Å². The number of hydrogen-bond acceptors (Lipinski definition) is 4. The van der Waals surface area contributed by atoms with E-state index in [2.05, 4.69) is 10.0 Å². The summed E-state index contributed by atoms with van der Waals surface area (Å²) in [5, 5.41) is 3.18. The SMILES string of the molecule is CC(Nc1ccc(F)c(NS(C)(=O)=O)c1)c1ccc(Cl)s1. The van der Waals surface area contributed by atoms with Crippen molar-refractivity contribution in [3.05, 3.63) is 45.4 Å². The van der Waals surface area contributed by atoms with Gasteiger partial charge in [0.2, 0.25) is 10.0 Å². The molecule has 0 aliphatic heterocycles. The minimum Gasteiger partial charge on any atom is -0.378 e.